The van der Waals surface area contributed by atoms with Gasteiger partial charge in [-0.1, -0.05) is 90.4 Å². The average Bonchev–Trinajstić information content (AvgIpc) is 2.82. The summed E-state index contributed by atoms with van der Waals surface area (Å²) in [5.74, 6) is -1.04. The lowest BCUT2D eigenvalue weighted by Gasteiger charge is -2.07. The van der Waals surface area contributed by atoms with Gasteiger partial charge in [-0.05, 0) is 37.6 Å². The molecule has 0 aliphatic rings. The van der Waals surface area contributed by atoms with E-state index in [0.29, 0.717) is 5.56 Å². The number of nitrogens with one attached hydrogen (secondary N) is 1. The standard InChI is InChI=1S/C28H45NO4/c1-3-5-6-7-8-9-10-11-12-13-14-15-16-17-23-29-26-20-18-25(19-21-26)28(31)33-24-22-27(30)32-4-2/h18-22,24,29H,3-17,23H2,1-2H3. The topological polar surface area (TPSA) is 64.6 Å². The quantitative estimate of drug-likeness (QED) is 0.0932. The summed E-state index contributed by atoms with van der Waals surface area (Å²) in [4.78, 5) is 23.1. The number of carbonyl (C=O) groups is 2. The molecule has 1 N–H and O–H groups in total. The first-order valence-corrected chi connectivity index (χ1v) is 13.1. The van der Waals surface area contributed by atoms with Crippen LogP contribution in [0.1, 0.15) is 114 Å². The van der Waals surface area contributed by atoms with E-state index in [-0.39, 0.29) is 6.61 Å². The second kappa shape index (κ2) is 20.3. The van der Waals surface area contributed by atoms with Crippen LogP contribution < -0.4 is 5.32 Å². The molecule has 186 valence electrons. The van der Waals surface area contributed by atoms with Crippen molar-refractivity contribution >= 4 is 17.6 Å². The van der Waals surface area contributed by atoms with Crippen LogP contribution >= 0.6 is 0 Å². The van der Waals surface area contributed by atoms with Crippen LogP contribution in [0.5, 0.6) is 0 Å². The number of unbranched alkanes of at least 4 members (excludes halogenated alkanes) is 13. The van der Waals surface area contributed by atoms with Crippen molar-refractivity contribution in [2.24, 2.45) is 0 Å². The SMILES string of the molecule is CCCCCCCCCCCCCCCCNc1ccc(C(=O)OC=CC(=O)OCC)cc1. The molecule has 0 radical (unpaired) electrons. The molecule has 5 nitrogen and oxygen atoms in total. The minimum atomic E-state index is -0.534. The van der Waals surface area contributed by atoms with Crippen molar-refractivity contribution in [3.63, 3.8) is 0 Å². The van der Waals surface area contributed by atoms with Crippen LogP contribution in [0, 0.1) is 0 Å². The first-order valence-electron chi connectivity index (χ1n) is 13.1. The summed E-state index contributed by atoms with van der Waals surface area (Å²) in [5.41, 5.74) is 1.42. The molecule has 0 heterocycles. The molecule has 33 heavy (non-hydrogen) atoms. The molecular formula is C28H45NO4. The molecule has 0 aliphatic heterocycles. The van der Waals surface area contributed by atoms with Crippen LogP contribution in [0.2, 0.25) is 0 Å². The molecule has 1 rings (SSSR count). The van der Waals surface area contributed by atoms with E-state index in [9.17, 15) is 9.59 Å². The van der Waals surface area contributed by atoms with E-state index in [1.54, 1.807) is 19.1 Å². The van der Waals surface area contributed by atoms with Gasteiger partial charge in [-0.3, -0.25) is 0 Å². The Kier molecular flexibility index (Phi) is 17.7. The Morgan fingerprint density at radius 2 is 1.27 bits per heavy atom. The van der Waals surface area contributed by atoms with Crippen molar-refractivity contribution in [3.05, 3.63) is 42.2 Å². The molecule has 0 spiro atoms. The number of hydrogen-bond acceptors (Lipinski definition) is 5. The molecule has 5 heteroatoms. The molecule has 0 aliphatic carbocycles. The molecule has 0 fully saturated rings. The van der Waals surface area contributed by atoms with E-state index in [1.807, 2.05) is 12.1 Å². The highest BCUT2D eigenvalue weighted by atomic mass is 16.5. The molecule has 0 amide bonds. The second-order valence-electron chi connectivity index (χ2n) is 8.56. The van der Waals surface area contributed by atoms with Gasteiger partial charge < -0.3 is 14.8 Å². The van der Waals surface area contributed by atoms with Gasteiger partial charge in [0.15, 0.2) is 0 Å². The summed E-state index contributed by atoms with van der Waals surface area (Å²) in [6.45, 7) is 5.21. The highest BCUT2D eigenvalue weighted by molar-refractivity contribution is 5.90. The Labute approximate surface area is 201 Å². The minimum absolute atomic E-state index is 0.283. The summed E-state index contributed by atoms with van der Waals surface area (Å²) in [6.07, 6.45) is 21.2. The monoisotopic (exact) mass is 459 g/mol. The lowest BCUT2D eigenvalue weighted by atomic mass is 10.0. The van der Waals surface area contributed by atoms with Crippen molar-refractivity contribution in [1.82, 2.24) is 0 Å². The summed E-state index contributed by atoms with van der Waals surface area (Å²) < 4.78 is 9.66. The zero-order valence-corrected chi connectivity index (χ0v) is 20.9. The minimum Gasteiger partial charge on any atom is -0.463 e. The third-order valence-corrected chi connectivity index (χ3v) is 5.65. The van der Waals surface area contributed by atoms with Crippen LogP contribution in [0.4, 0.5) is 5.69 Å². The van der Waals surface area contributed by atoms with Gasteiger partial charge in [-0.2, -0.15) is 0 Å². The predicted octanol–water partition coefficient (Wildman–Crippen LogP) is 7.81. The van der Waals surface area contributed by atoms with Gasteiger partial charge in [-0.15, -0.1) is 0 Å². The van der Waals surface area contributed by atoms with E-state index in [4.69, 9.17) is 9.47 Å². The zero-order chi connectivity index (χ0) is 24.0. The van der Waals surface area contributed by atoms with Crippen LogP contribution in [0.15, 0.2) is 36.6 Å². The third-order valence-electron chi connectivity index (χ3n) is 5.65. The Hall–Kier alpha value is -2.30. The number of rotatable bonds is 20. The van der Waals surface area contributed by atoms with Gasteiger partial charge in [0, 0.05) is 12.2 Å². The summed E-state index contributed by atoms with van der Waals surface area (Å²) in [5, 5.41) is 3.40. The lowest BCUT2D eigenvalue weighted by molar-refractivity contribution is -0.137. The highest BCUT2D eigenvalue weighted by Gasteiger charge is 2.06. The summed E-state index contributed by atoms with van der Waals surface area (Å²) in [6, 6.07) is 7.17. The van der Waals surface area contributed by atoms with E-state index < -0.39 is 11.9 Å². The number of esters is 2. The summed E-state index contributed by atoms with van der Waals surface area (Å²) >= 11 is 0. The maximum atomic E-state index is 12.0. The fraction of sp³-hybridized carbons (Fsp3) is 0.643. The lowest BCUT2D eigenvalue weighted by Crippen LogP contribution is -2.04. The van der Waals surface area contributed by atoms with Crippen LogP contribution in [0.25, 0.3) is 0 Å². The van der Waals surface area contributed by atoms with Gasteiger partial charge in [-0.25, -0.2) is 9.59 Å². The normalized spacial score (nSPS) is 11.0. The Morgan fingerprint density at radius 3 is 1.79 bits per heavy atom. The first-order chi connectivity index (χ1) is 16.2. The van der Waals surface area contributed by atoms with E-state index in [0.717, 1.165) is 31.0 Å². The fourth-order valence-corrected chi connectivity index (χ4v) is 3.69. The Bertz CT molecular complexity index is 654. The van der Waals surface area contributed by atoms with Gasteiger partial charge in [0.25, 0.3) is 0 Å². The van der Waals surface area contributed by atoms with E-state index in [1.165, 1.54) is 83.5 Å². The van der Waals surface area contributed by atoms with Crippen molar-refractivity contribution in [2.75, 3.05) is 18.5 Å². The van der Waals surface area contributed by atoms with E-state index in [2.05, 4.69) is 12.2 Å². The molecule has 0 atom stereocenters. The Balaban J connectivity index is 2.00. The van der Waals surface area contributed by atoms with Crippen LogP contribution in [-0.4, -0.2) is 25.1 Å². The van der Waals surface area contributed by atoms with Gasteiger partial charge >= 0.3 is 11.9 Å². The molecule has 0 saturated carbocycles. The van der Waals surface area contributed by atoms with Crippen molar-refractivity contribution in [2.45, 2.75) is 104 Å². The van der Waals surface area contributed by atoms with Crippen LogP contribution in [0.3, 0.4) is 0 Å². The third kappa shape index (κ3) is 16.0. The number of carbonyl (C=O) groups excluding carboxylic acids is 2. The molecule has 0 unspecified atom stereocenters. The number of benzene rings is 1. The largest absolute Gasteiger partial charge is 0.463 e. The van der Waals surface area contributed by atoms with Crippen molar-refractivity contribution < 1.29 is 19.1 Å². The first kappa shape index (κ1) is 28.7. The second-order valence-corrected chi connectivity index (χ2v) is 8.56. The predicted molar refractivity (Wildman–Crippen MR) is 136 cm³/mol. The molecule has 1 aromatic rings. The van der Waals surface area contributed by atoms with Crippen molar-refractivity contribution in [1.29, 1.82) is 0 Å². The van der Waals surface area contributed by atoms with Crippen molar-refractivity contribution in [3.8, 4) is 0 Å². The average molecular weight is 460 g/mol. The molecule has 0 saturated heterocycles. The Morgan fingerprint density at radius 1 is 0.758 bits per heavy atom. The summed E-state index contributed by atoms with van der Waals surface area (Å²) in [7, 11) is 0. The molecule has 0 bridgehead atoms. The molecular weight excluding hydrogens is 414 g/mol. The number of ether oxygens (including phenoxy) is 2. The maximum absolute atomic E-state index is 12.0. The zero-order valence-electron chi connectivity index (χ0n) is 20.9. The fourth-order valence-electron chi connectivity index (χ4n) is 3.69. The van der Waals surface area contributed by atoms with Crippen LogP contribution in [-0.2, 0) is 14.3 Å². The molecule has 0 aromatic heterocycles. The smallest absolute Gasteiger partial charge is 0.342 e. The number of anilines is 1. The van der Waals surface area contributed by atoms with Gasteiger partial charge in [0.05, 0.1) is 18.2 Å². The highest BCUT2D eigenvalue weighted by Crippen LogP contribution is 2.14. The number of hydrogen-bond donors (Lipinski definition) is 1. The maximum Gasteiger partial charge on any atom is 0.342 e. The van der Waals surface area contributed by atoms with Gasteiger partial charge in [0.1, 0.15) is 6.26 Å². The molecule has 1 aromatic carbocycles. The van der Waals surface area contributed by atoms with E-state index >= 15 is 0 Å². The van der Waals surface area contributed by atoms with Gasteiger partial charge in [0.2, 0.25) is 0 Å².